The molecule has 86 valence electrons. The van der Waals surface area contributed by atoms with Gasteiger partial charge in [0, 0.05) is 17.9 Å². The van der Waals surface area contributed by atoms with E-state index in [0.717, 1.165) is 11.3 Å². The van der Waals surface area contributed by atoms with Gasteiger partial charge in [0.05, 0.1) is 0 Å². The molecule has 0 aromatic heterocycles. The van der Waals surface area contributed by atoms with Gasteiger partial charge in [-0.2, -0.15) is 0 Å². The minimum absolute atomic E-state index is 0.0367. The summed E-state index contributed by atoms with van der Waals surface area (Å²) in [6, 6.07) is 4.54. The maximum Gasteiger partial charge on any atom is 0.326 e. The van der Waals surface area contributed by atoms with Crippen LogP contribution < -0.4 is 5.32 Å². The zero-order valence-corrected chi connectivity index (χ0v) is 9.12. The molecular weight excluding hydrogens is 230 g/mol. The van der Waals surface area contributed by atoms with E-state index in [-0.39, 0.29) is 5.75 Å². The molecule has 1 aliphatic heterocycles. The summed E-state index contributed by atoms with van der Waals surface area (Å²) in [6.07, 6.45) is 0.393. The van der Waals surface area contributed by atoms with E-state index in [9.17, 15) is 13.6 Å². The summed E-state index contributed by atoms with van der Waals surface area (Å²) in [5.41, 5.74) is 2.31. The lowest BCUT2D eigenvalue weighted by atomic mass is 10.1. The highest BCUT2D eigenvalue weighted by Gasteiger charge is 2.26. The quantitative estimate of drug-likeness (QED) is 0.750. The molecule has 2 unspecified atom stereocenters. The molecule has 2 N–H and O–H groups in total. The average molecular weight is 240 g/mol. The summed E-state index contributed by atoms with van der Waals surface area (Å²) >= 11 is -2.12. The van der Waals surface area contributed by atoms with Crippen LogP contribution in [0.3, 0.4) is 0 Å². The number of nitrogens with one attached hydrogen (secondary N) is 1. The highest BCUT2D eigenvalue weighted by Crippen LogP contribution is 2.27. The number of hydrogen-bond donors (Lipinski definition) is 2. The molecule has 16 heavy (non-hydrogen) atoms. The van der Waals surface area contributed by atoms with E-state index < -0.39 is 23.1 Å². The Morgan fingerprint density at radius 3 is 3.00 bits per heavy atom. The first-order valence-electron chi connectivity index (χ1n) is 4.73. The van der Waals surface area contributed by atoms with Crippen LogP contribution in [0, 0.1) is 0 Å². The molecule has 0 saturated carbocycles. The van der Waals surface area contributed by atoms with Crippen LogP contribution in [0.15, 0.2) is 18.2 Å². The van der Waals surface area contributed by atoms with Gasteiger partial charge in [-0.1, -0.05) is 23.2 Å². The Bertz CT molecular complexity index is 460. The van der Waals surface area contributed by atoms with Gasteiger partial charge >= 0.3 is 5.97 Å². The molecule has 2 atom stereocenters. The van der Waals surface area contributed by atoms with Gasteiger partial charge in [-0.25, -0.2) is 4.79 Å². The summed E-state index contributed by atoms with van der Waals surface area (Å²) in [6.45, 7) is 0. The number of carbonyl (C=O) groups is 1. The van der Waals surface area contributed by atoms with Gasteiger partial charge in [-0.05, 0) is 17.2 Å². The van der Waals surface area contributed by atoms with Crippen molar-refractivity contribution in [1.82, 2.24) is 0 Å². The number of benzene rings is 1. The molecule has 5 nitrogen and oxygen atoms in total. The van der Waals surface area contributed by atoms with E-state index in [2.05, 4.69) is 5.32 Å². The molecule has 6 heteroatoms. The third kappa shape index (κ3) is 2.23. The van der Waals surface area contributed by atoms with Gasteiger partial charge < -0.3 is 15.0 Å². The van der Waals surface area contributed by atoms with Gasteiger partial charge in [0.1, 0.15) is 6.04 Å². The Hall–Kier alpha value is -1.40. The van der Waals surface area contributed by atoms with Gasteiger partial charge in [0.15, 0.2) is 0 Å². The monoisotopic (exact) mass is 240 g/mol. The molecular formula is C10H10NO4S-. The fourth-order valence-corrected chi connectivity index (χ4v) is 2.24. The maximum atomic E-state index is 10.8. The van der Waals surface area contributed by atoms with E-state index in [1.54, 1.807) is 18.2 Å². The molecule has 0 spiro atoms. The van der Waals surface area contributed by atoms with Gasteiger partial charge in [-0.3, -0.25) is 4.21 Å². The summed E-state index contributed by atoms with van der Waals surface area (Å²) < 4.78 is 21.1. The SMILES string of the molecule is O=C(O)C1Cc2cc(CS(=O)[O-])ccc2N1. The van der Waals surface area contributed by atoms with Crippen molar-refractivity contribution in [3.8, 4) is 0 Å². The molecule has 2 rings (SSSR count). The molecule has 0 radical (unpaired) electrons. The lowest BCUT2D eigenvalue weighted by Crippen LogP contribution is -2.26. The minimum Gasteiger partial charge on any atom is -0.772 e. The van der Waals surface area contributed by atoms with Crippen molar-refractivity contribution < 1.29 is 18.7 Å². The number of hydrogen-bond acceptors (Lipinski definition) is 4. The Morgan fingerprint density at radius 1 is 1.62 bits per heavy atom. The van der Waals surface area contributed by atoms with Crippen LogP contribution in [0.1, 0.15) is 11.1 Å². The lowest BCUT2D eigenvalue weighted by Gasteiger charge is -2.06. The Labute approximate surface area is 94.8 Å². The van der Waals surface area contributed by atoms with Crippen molar-refractivity contribution in [3.63, 3.8) is 0 Å². The molecule has 1 heterocycles. The first-order valence-corrected chi connectivity index (χ1v) is 5.97. The first kappa shape index (κ1) is 11.1. The van der Waals surface area contributed by atoms with Crippen molar-refractivity contribution in [2.45, 2.75) is 18.2 Å². The van der Waals surface area contributed by atoms with Gasteiger partial charge in [-0.15, -0.1) is 0 Å². The van der Waals surface area contributed by atoms with E-state index >= 15 is 0 Å². The van der Waals surface area contributed by atoms with Crippen LogP contribution in [0.4, 0.5) is 5.69 Å². The standard InChI is InChI=1S/C10H11NO4S/c12-10(13)9-4-7-3-6(5-16(14)15)1-2-8(7)11-9/h1-3,9,11H,4-5H2,(H,12,13)(H,14,15)/p-1. The van der Waals surface area contributed by atoms with Crippen LogP contribution in [0.5, 0.6) is 0 Å². The molecule has 0 fully saturated rings. The van der Waals surface area contributed by atoms with E-state index in [1.807, 2.05) is 0 Å². The highest BCUT2D eigenvalue weighted by atomic mass is 32.2. The van der Waals surface area contributed by atoms with Crippen molar-refractivity contribution in [1.29, 1.82) is 0 Å². The molecule has 1 aliphatic rings. The average Bonchev–Trinajstić information content (AvgIpc) is 2.59. The van der Waals surface area contributed by atoms with E-state index in [4.69, 9.17) is 5.11 Å². The predicted octanol–water partition coefficient (Wildman–Crippen LogP) is 0.487. The minimum atomic E-state index is -2.12. The third-order valence-electron chi connectivity index (χ3n) is 2.51. The number of fused-ring (bicyclic) bond motifs is 1. The Kier molecular flexibility index (Phi) is 2.93. The van der Waals surface area contributed by atoms with Crippen molar-refractivity contribution in [2.75, 3.05) is 5.32 Å². The molecule has 1 aromatic carbocycles. The zero-order chi connectivity index (χ0) is 11.7. The van der Waals surface area contributed by atoms with E-state index in [1.165, 1.54) is 0 Å². The topological polar surface area (TPSA) is 89.5 Å². The van der Waals surface area contributed by atoms with Crippen molar-refractivity contribution in [2.24, 2.45) is 0 Å². The predicted molar refractivity (Wildman–Crippen MR) is 57.8 cm³/mol. The van der Waals surface area contributed by atoms with Crippen LogP contribution >= 0.6 is 0 Å². The second-order valence-electron chi connectivity index (χ2n) is 3.68. The van der Waals surface area contributed by atoms with Crippen LogP contribution in [-0.4, -0.2) is 25.9 Å². The van der Waals surface area contributed by atoms with Crippen molar-refractivity contribution in [3.05, 3.63) is 29.3 Å². The summed E-state index contributed by atoms with van der Waals surface area (Å²) in [5.74, 6) is -0.935. The Balaban J connectivity index is 2.20. The highest BCUT2D eigenvalue weighted by molar-refractivity contribution is 7.78. The van der Waals surface area contributed by atoms with Gasteiger partial charge in [0.2, 0.25) is 0 Å². The number of aliphatic carboxylic acids is 1. The smallest absolute Gasteiger partial charge is 0.326 e. The molecule has 0 aliphatic carbocycles. The lowest BCUT2D eigenvalue weighted by molar-refractivity contribution is -0.137. The molecule has 0 bridgehead atoms. The summed E-state index contributed by atoms with van der Waals surface area (Å²) in [4.78, 5) is 10.8. The van der Waals surface area contributed by atoms with Crippen LogP contribution in [0.25, 0.3) is 0 Å². The molecule has 0 amide bonds. The second-order valence-corrected chi connectivity index (χ2v) is 4.58. The molecule has 0 saturated heterocycles. The summed E-state index contributed by atoms with van der Waals surface area (Å²) in [5, 5.41) is 11.7. The largest absolute Gasteiger partial charge is 0.772 e. The van der Waals surface area contributed by atoms with Crippen molar-refractivity contribution >= 4 is 22.7 Å². The molecule has 1 aromatic rings. The van der Waals surface area contributed by atoms with Crippen LogP contribution in [0.2, 0.25) is 0 Å². The second kappa shape index (κ2) is 4.23. The number of carboxylic acids is 1. The van der Waals surface area contributed by atoms with Crippen LogP contribution in [-0.2, 0) is 28.0 Å². The fourth-order valence-electron chi connectivity index (χ4n) is 1.79. The number of rotatable bonds is 3. The van der Waals surface area contributed by atoms with Gasteiger partial charge in [0.25, 0.3) is 0 Å². The zero-order valence-electron chi connectivity index (χ0n) is 8.30. The fraction of sp³-hybridized carbons (Fsp3) is 0.300. The normalized spacial score (nSPS) is 19.9. The Morgan fingerprint density at radius 2 is 2.38 bits per heavy atom. The number of carboxylic acid groups (broad SMARTS) is 1. The number of anilines is 1. The third-order valence-corrected chi connectivity index (χ3v) is 3.08. The van der Waals surface area contributed by atoms with E-state index in [0.29, 0.717) is 12.0 Å². The first-order chi connectivity index (χ1) is 7.56. The summed E-state index contributed by atoms with van der Waals surface area (Å²) in [7, 11) is 0. The maximum absolute atomic E-state index is 10.8.